The Morgan fingerprint density at radius 2 is 2.00 bits per heavy atom. The van der Waals surface area contributed by atoms with Crippen molar-refractivity contribution in [1.82, 2.24) is 0 Å². The number of aromatic carboxylic acids is 1. The number of carboxylic acid groups (broad SMARTS) is 1. The van der Waals surface area contributed by atoms with Crippen molar-refractivity contribution in [3.63, 3.8) is 0 Å². The Morgan fingerprint density at radius 3 is 2.55 bits per heavy atom. The van der Waals surface area contributed by atoms with Crippen LogP contribution < -0.4 is 4.74 Å². The summed E-state index contributed by atoms with van der Waals surface area (Å²) in [6, 6.07) is 4.99. The number of carbonyl (C=O) groups is 2. The van der Waals surface area contributed by atoms with Gasteiger partial charge in [0.2, 0.25) is 0 Å². The number of unbranched alkanes of at least 4 members (excludes halogenated alkanes) is 1. The van der Waals surface area contributed by atoms with Crippen LogP contribution in [0.2, 0.25) is 0 Å². The number of esters is 1. The number of benzene rings is 1. The molecule has 1 unspecified atom stereocenters. The first-order chi connectivity index (χ1) is 10.5. The minimum absolute atomic E-state index is 0.109. The largest absolute Gasteiger partial charge is 0.496 e. The topological polar surface area (TPSA) is 72.8 Å². The third-order valence-corrected chi connectivity index (χ3v) is 3.50. The van der Waals surface area contributed by atoms with Crippen LogP contribution in [0.3, 0.4) is 0 Å². The zero-order valence-corrected chi connectivity index (χ0v) is 13.4. The van der Waals surface area contributed by atoms with E-state index in [0.717, 1.165) is 24.8 Å². The number of hydrogen-bond acceptors (Lipinski definition) is 4. The normalized spacial score (nSPS) is 11.8. The van der Waals surface area contributed by atoms with Gasteiger partial charge in [-0.2, -0.15) is 0 Å². The van der Waals surface area contributed by atoms with E-state index >= 15 is 0 Å². The molecule has 0 saturated carbocycles. The first-order valence-electron chi connectivity index (χ1n) is 7.60. The van der Waals surface area contributed by atoms with Crippen molar-refractivity contribution in [2.75, 3.05) is 13.7 Å². The second-order valence-electron chi connectivity index (χ2n) is 5.14. The molecule has 1 atom stereocenters. The van der Waals surface area contributed by atoms with E-state index in [1.807, 2.05) is 0 Å². The lowest BCUT2D eigenvalue weighted by atomic mass is 9.93. The van der Waals surface area contributed by atoms with Gasteiger partial charge in [-0.25, -0.2) is 4.79 Å². The SMILES string of the molecule is CCCCC(Cc1ccc(OC)c(C(=O)O)c1)C(=O)OCC. The molecule has 0 fully saturated rings. The van der Waals surface area contributed by atoms with Gasteiger partial charge in [0, 0.05) is 0 Å². The molecular formula is C17H24O5. The van der Waals surface area contributed by atoms with Gasteiger partial charge in [-0.05, 0) is 37.5 Å². The van der Waals surface area contributed by atoms with Crippen molar-refractivity contribution >= 4 is 11.9 Å². The molecule has 122 valence electrons. The van der Waals surface area contributed by atoms with E-state index in [4.69, 9.17) is 9.47 Å². The van der Waals surface area contributed by atoms with Gasteiger partial charge in [0.1, 0.15) is 11.3 Å². The molecule has 1 aromatic carbocycles. The second kappa shape index (κ2) is 9.07. The van der Waals surface area contributed by atoms with Gasteiger partial charge in [0.15, 0.2) is 0 Å². The minimum Gasteiger partial charge on any atom is -0.496 e. The second-order valence-corrected chi connectivity index (χ2v) is 5.14. The zero-order valence-electron chi connectivity index (χ0n) is 13.4. The van der Waals surface area contributed by atoms with Crippen LogP contribution in [0.4, 0.5) is 0 Å². The van der Waals surface area contributed by atoms with Crippen LogP contribution in [0, 0.1) is 5.92 Å². The number of carboxylic acids is 1. The summed E-state index contributed by atoms with van der Waals surface area (Å²) in [7, 11) is 1.43. The molecule has 1 N–H and O–H groups in total. The van der Waals surface area contributed by atoms with Crippen molar-refractivity contribution in [3.8, 4) is 5.75 Å². The molecule has 5 nitrogen and oxygen atoms in total. The van der Waals surface area contributed by atoms with E-state index in [2.05, 4.69) is 6.92 Å². The van der Waals surface area contributed by atoms with Crippen LogP contribution in [-0.2, 0) is 16.0 Å². The number of methoxy groups -OCH3 is 1. The summed E-state index contributed by atoms with van der Waals surface area (Å²) < 4.78 is 10.2. The molecule has 1 rings (SSSR count). The molecule has 5 heteroatoms. The van der Waals surface area contributed by atoms with Crippen LogP contribution in [0.1, 0.15) is 49.0 Å². The summed E-state index contributed by atoms with van der Waals surface area (Å²) in [5, 5.41) is 9.22. The Hall–Kier alpha value is -2.04. The summed E-state index contributed by atoms with van der Waals surface area (Å²) in [6.07, 6.45) is 3.15. The Kier molecular flexibility index (Phi) is 7.43. The van der Waals surface area contributed by atoms with E-state index < -0.39 is 5.97 Å². The average Bonchev–Trinajstić information content (AvgIpc) is 2.51. The van der Waals surface area contributed by atoms with Crippen LogP contribution >= 0.6 is 0 Å². The van der Waals surface area contributed by atoms with E-state index in [-0.39, 0.29) is 17.5 Å². The lowest BCUT2D eigenvalue weighted by molar-refractivity contribution is -0.148. The molecule has 0 spiro atoms. The summed E-state index contributed by atoms with van der Waals surface area (Å²) >= 11 is 0. The highest BCUT2D eigenvalue weighted by atomic mass is 16.5. The molecule has 1 aromatic rings. The Morgan fingerprint density at radius 1 is 1.27 bits per heavy atom. The molecular weight excluding hydrogens is 284 g/mol. The van der Waals surface area contributed by atoms with E-state index in [9.17, 15) is 14.7 Å². The first-order valence-corrected chi connectivity index (χ1v) is 7.60. The molecule has 0 aliphatic carbocycles. The highest BCUT2D eigenvalue weighted by Crippen LogP contribution is 2.23. The van der Waals surface area contributed by atoms with Gasteiger partial charge in [0.05, 0.1) is 19.6 Å². The van der Waals surface area contributed by atoms with Crippen LogP contribution in [0.25, 0.3) is 0 Å². The average molecular weight is 308 g/mol. The quantitative estimate of drug-likeness (QED) is 0.709. The highest BCUT2D eigenvalue weighted by molar-refractivity contribution is 5.91. The number of carbonyl (C=O) groups excluding carboxylic acids is 1. The van der Waals surface area contributed by atoms with Gasteiger partial charge in [-0.3, -0.25) is 4.79 Å². The smallest absolute Gasteiger partial charge is 0.339 e. The molecule has 22 heavy (non-hydrogen) atoms. The van der Waals surface area contributed by atoms with Crippen LogP contribution in [0.15, 0.2) is 18.2 Å². The van der Waals surface area contributed by atoms with Gasteiger partial charge < -0.3 is 14.6 Å². The van der Waals surface area contributed by atoms with Gasteiger partial charge in [-0.15, -0.1) is 0 Å². The van der Waals surface area contributed by atoms with Gasteiger partial charge >= 0.3 is 11.9 Å². The maximum absolute atomic E-state index is 12.0. The fourth-order valence-corrected chi connectivity index (χ4v) is 2.35. The number of hydrogen-bond donors (Lipinski definition) is 1. The molecule has 0 amide bonds. The summed E-state index contributed by atoms with van der Waals surface area (Å²) in [6.45, 7) is 4.20. The van der Waals surface area contributed by atoms with Crippen molar-refractivity contribution in [1.29, 1.82) is 0 Å². The van der Waals surface area contributed by atoms with E-state index in [1.54, 1.807) is 25.1 Å². The zero-order chi connectivity index (χ0) is 16.5. The standard InChI is InChI=1S/C17H24O5/c1-4-6-7-13(17(20)22-5-2)10-12-8-9-15(21-3)14(11-12)16(18)19/h8-9,11,13H,4-7,10H2,1-3H3,(H,18,19). The van der Waals surface area contributed by atoms with Crippen molar-refractivity contribution < 1.29 is 24.2 Å². The Balaban J connectivity index is 2.94. The fraction of sp³-hybridized carbons (Fsp3) is 0.529. The third kappa shape index (κ3) is 5.06. The predicted octanol–water partition coefficient (Wildman–Crippen LogP) is 3.31. The molecule has 0 aliphatic heterocycles. The number of rotatable bonds is 9. The summed E-state index contributed by atoms with van der Waals surface area (Å²) in [5.41, 5.74) is 0.908. The molecule has 0 bridgehead atoms. The highest BCUT2D eigenvalue weighted by Gasteiger charge is 2.21. The van der Waals surface area contributed by atoms with Crippen molar-refractivity contribution in [2.24, 2.45) is 5.92 Å². The molecule has 0 aromatic heterocycles. The third-order valence-electron chi connectivity index (χ3n) is 3.50. The van der Waals surface area contributed by atoms with Crippen molar-refractivity contribution in [2.45, 2.75) is 39.5 Å². The maximum atomic E-state index is 12.0. The fourth-order valence-electron chi connectivity index (χ4n) is 2.35. The molecule has 0 heterocycles. The monoisotopic (exact) mass is 308 g/mol. The van der Waals surface area contributed by atoms with Crippen LogP contribution in [0.5, 0.6) is 5.75 Å². The lowest BCUT2D eigenvalue weighted by Crippen LogP contribution is -2.20. The van der Waals surface area contributed by atoms with E-state index in [0.29, 0.717) is 18.8 Å². The van der Waals surface area contributed by atoms with Gasteiger partial charge in [-0.1, -0.05) is 25.8 Å². The summed E-state index contributed by atoms with van der Waals surface area (Å²) in [4.78, 5) is 23.3. The van der Waals surface area contributed by atoms with Crippen molar-refractivity contribution in [3.05, 3.63) is 29.3 Å². The predicted molar refractivity (Wildman–Crippen MR) is 83.3 cm³/mol. The molecule has 0 radical (unpaired) electrons. The maximum Gasteiger partial charge on any atom is 0.339 e. The van der Waals surface area contributed by atoms with Crippen LogP contribution in [-0.4, -0.2) is 30.8 Å². The summed E-state index contributed by atoms with van der Waals surface area (Å²) in [5.74, 6) is -1.18. The van der Waals surface area contributed by atoms with Gasteiger partial charge in [0.25, 0.3) is 0 Å². The Labute approximate surface area is 131 Å². The molecule has 0 saturated heterocycles. The lowest BCUT2D eigenvalue weighted by Gasteiger charge is -2.16. The molecule has 0 aliphatic rings. The van der Waals surface area contributed by atoms with E-state index in [1.165, 1.54) is 7.11 Å². The number of ether oxygens (including phenoxy) is 2. The Bertz CT molecular complexity index is 510. The minimum atomic E-state index is -1.04. The first kappa shape index (κ1) is 18.0.